The highest BCUT2D eigenvalue weighted by atomic mass is 35.5. The van der Waals surface area contributed by atoms with Crippen LogP contribution >= 0.6 is 0 Å². The van der Waals surface area contributed by atoms with Gasteiger partial charge in [-0.2, -0.15) is 4.59 Å². The maximum Gasteiger partial charge on any atom is 0.302 e. The van der Waals surface area contributed by atoms with Crippen molar-refractivity contribution in [3.63, 3.8) is 0 Å². The van der Waals surface area contributed by atoms with E-state index in [0.29, 0.717) is 53.6 Å². The highest BCUT2D eigenvalue weighted by Gasteiger charge is 2.69. The zero-order chi connectivity index (χ0) is 41.6. The fourth-order valence-corrected chi connectivity index (χ4v) is 14.7. The number of hydrogen-bond acceptors (Lipinski definition) is 6. The second kappa shape index (κ2) is 15.3. The van der Waals surface area contributed by atoms with E-state index in [1.165, 1.54) is 6.42 Å². The van der Waals surface area contributed by atoms with Gasteiger partial charge in [0.25, 0.3) is 5.91 Å². The molecule has 0 spiro atoms. The van der Waals surface area contributed by atoms with E-state index in [4.69, 9.17) is 9.84 Å². The number of amides is 2. The number of rotatable bonds is 8. The van der Waals surface area contributed by atoms with Gasteiger partial charge in [-0.1, -0.05) is 83.4 Å². The Kier molecular flexibility index (Phi) is 11.4. The third-order valence-electron chi connectivity index (χ3n) is 18.5. The fourth-order valence-electron chi connectivity index (χ4n) is 14.7. The van der Waals surface area contributed by atoms with Crippen LogP contribution < -0.4 is 27.9 Å². The van der Waals surface area contributed by atoms with Crippen LogP contribution in [-0.4, -0.2) is 67.2 Å². The lowest BCUT2D eigenvalue weighted by molar-refractivity contribution is -0.925. The number of carbonyl (C=O) groups excluding carboxylic acids is 3. The second-order valence-electron chi connectivity index (χ2n) is 21.1. The molecule has 10 atom stereocenters. The van der Waals surface area contributed by atoms with E-state index in [0.717, 1.165) is 81.5 Å². The molecule has 5 aliphatic carbocycles. The second-order valence-corrected chi connectivity index (χ2v) is 21.1. The van der Waals surface area contributed by atoms with E-state index in [1.54, 1.807) is 12.5 Å². The van der Waals surface area contributed by atoms with Crippen LogP contribution in [0.2, 0.25) is 0 Å². The van der Waals surface area contributed by atoms with Gasteiger partial charge in [0.2, 0.25) is 11.7 Å². The third-order valence-corrected chi connectivity index (χ3v) is 18.5. The Balaban J connectivity index is 0.00000528. The van der Waals surface area contributed by atoms with Crippen molar-refractivity contribution < 1.29 is 36.1 Å². The van der Waals surface area contributed by atoms with Crippen molar-refractivity contribution in [1.29, 1.82) is 0 Å². The van der Waals surface area contributed by atoms with Gasteiger partial charge in [-0.25, -0.2) is 0 Å². The van der Waals surface area contributed by atoms with Gasteiger partial charge in [0.05, 0.1) is 16.7 Å². The SMILES string of the molecule is CC[N+]1(CC)CN2C(=N1)C(C(=O)NCCNC(=O)[C@]13CC[C@@H](C)[C@H](C)[C@H]1C1=CC[C@@H]4[C@@]5(C)CC[C@H](OC(C)=O)C(C)(C)[C@@H]5CC[C@@]4(C)[C@]1(C)CC3)=Cc1ccccc12.[Cl-]. The van der Waals surface area contributed by atoms with Crippen LogP contribution in [0, 0.1) is 56.7 Å². The molecule has 2 heterocycles. The van der Waals surface area contributed by atoms with E-state index >= 15 is 0 Å². The van der Waals surface area contributed by atoms with Crippen molar-refractivity contribution in [2.75, 3.05) is 37.7 Å². The average Bonchev–Trinajstić information content (AvgIpc) is 3.59. The number of hydrogen-bond donors (Lipinski definition) is 2. The van der Waals surface area contributed by atoms with Crippen LogP contribution in [-0.2, 0) is 19.1 Å². The molecule has 2 N–H and O–H groups in total. The molecule has 1 aromatic carbocycles. The Hall–Kier alpha value is -3.17. The molecular weight excluding hydrogens is 758 g/mol. The summed E-state index contributed by atoms with van der Waals surface area (Å²) >= 11 is 0. The average molecular weight is 831 g/mol. The molecule has 2 amide bonds. The minimum Gasteiger partial charge on any atom is -1.00 e. The van der Waals surface area contributed by atoms with E-state index in [1.807, 2.05) is 18.2 Å². The van der Waals surface area contributed by atoms with Gasteiger partial charge in [-0.15, -0.1) is 0 Å². The molecule has 9 nitrogen and oxygen atoms in total. The lowest BCUT2D eigenvalue weighted by atomic mass is 9.33. The number of carbonyl (C=O) groups is 3. The molecule has 8 rings (SSSR count). The van der Waals surface area contributed by atoms with Crippen molar-refractivity contribution in [2.45, 2.75) is 133 Å². The summed E-state index contributed by atoms with van der Waals surface area (Å²) in [4.78, 5) is 43.0. The molecule has 1 aromatic rings. The van der Waals surface area contributed by atoms with Gasteiger partial charge in [0, 0.05) is 25.4 Å². The summed E-state index contributed by atoms with van der Waals surface area (Å²) in [5, 5.41) is 11.7. The normalized spacial score (nSPS) is 38.5. The third kappa shape index (κ3) is 6.47. The molecule has 59 heavy (non-hydrogen) atoms. The molecule has 4 fully saturated rings. The number of quaternary nitrogens is 1. The number of nitrogens with one attached hydrogen (secondary N) is 2. The van der Waals surface area contributed by atoms with Crippen LogP contribution in [0.5, 0.6) is 0 Å². The van der Waals surface area contributed by atoms with Gasteiger partial charge < -0.3 is 27.8 Å². The van der Waals surface area contributed by atoms with Crippen molar-refractivity contribution >= 4 is 35.4 Å². The van der Waals surface area contributed by atoms with Crippen molar-refractivity contribution in [2.24, 2.45) is 61.8 Å². The number of nitrogens with zero attached hydrogens (tertiary/aromatic N) is 3. The number of allylic oxidation sites excluding steroid dienone is 2. The molecule has 4 saturated carbocycles. The first kappa shape index (κ1) is 43.9. The number of fused-ring (bicyclic) bond motifs is 10. The first-order chi connectivity index (χ1) is 27.4. The van der Waals surface area contributed by atoms with Gasteiger partial charge >= 0.3 is 5.97 Å². The molecule has 0 bridgehead atoms. The molecule has 0 radical (unpaired) electrons. The molecule has 324 valence electrons. The van der Waals surface area contributed by atoms with Gasteiger partial charge in [-0.3, -0.25) is 19.3 Å². The summed E-state index contributed by atoms with van der Waals surface area (Å²) in [6.45, 7) is 26.3. The Morgan fingerprint density at radius 1 is 0.898 bits per heavy atom. The van der Waals surface area contributed by atoms with Crippen LogP contribution in [0.1, 0.15) is 133 Å². The number of para-hydroxylation sites is 1. The number of amidine groups is 1. The summed E-state index contributed by atoms with van der Waals surface area (Å²) in [7, 11) is 0. The van der Waals surface area contributed by atoms with Crippen LogP contribution in [0.4, 0.5) is 5.69 Å². The Labute approximate surface area is 360 Å². The van der Waals surface area contributed by atoms with Crippen LogP contribution in [0.25, 0.3) is 6.08 Å². The highest BCUT2D eigenvalue weighted by molar-refractivity contribution is 6.31. The summed E-state index contributed by atoms with van der Waals surface area (Å²) < 4.78 is 6.54. The number of benzene rings is 1. The zero-order valence-electron chi connectivity index (χ0n) is 37.7. The van der Waals surface area contributed by atoms with E-state index in [9.17, 15) is 14.4 Å². The quantitative estimate of drug-likeness (QED) is 0.148. The first-order valence-electron chi connectivity index (χ1n) is 22.9. The molecule has 0 saturated heterocycles. The lowest BCUT2D eigenvalue weighted by Gasteiger charge is -2.71. The van der Waals surface area contributed by atoms with E-state index in [2.05, 4.69) is 96.1 Å². The lowest BCUT2D eigenvalue weighted by Crippen LogP contribution is -3.00. The van der Waals surface area contributed by atoms with Crippen molar-refractivity contribution in [1.82, 2.24) is 10.6 Å². The molecular formula is C49H72ClN5O4. The number of anilines is 1. The standard InChI is InChI=1S/C49H71N5O4.ClH/c1-11-54(12-2)30-53-37-16-14-13-15-34(37)29-35(42(53)52-54)43(56)50-27-28-51-44(57)49-24-19-31(3)32(4)41(49)36-17-18-39-46(8)22-21-40(58-33(5)55)45(6,7)38(46)20-23-48(39,10)47(36,9)25-26-49;/h13-17,29,31-32,38-41H,11-12,18-28,30H2,1-10H3,(H-,50,51,56,57);1H/t31-,32+,38+,39-,40+,41+,46+,47-,48-,49+;/m1./s1. The Bertz CT molecular complexity index is 1950. The molecule has 0 aromatic heterocycles. The molecule has 10 heteroatoms. The summed E-state index contributed by atoms with van der Waals surface area (Å²) in [6.07, 6.45) is 13.9. The minimum atomic E-state index is -0.439. The Morgan fingerprint density at radius 2 is 1.61 bits per heavy atom. The predicted molar refractivity (Wildman–Crippen MR) is 231 cm³/mol. The monoisotopic (exact) mass is 830 g/mol. The van der Waals surface area contributed by atoms with E-state index < -0.39 is 5.41 Å². The first-order valence-corrected chi connectivity index (χ1v) is 22.9. The smallest absolute Gasteiger partial charge is 0.302 e. The summed E-state index contributed by atoms with van der Waals surface area (Å²) in [5.41, 5.74) is 4.06. The van der Waals surface area contributed by atoms with Crippen molar-refractivity contribution in [3.05, 3.63) is 47.1 Å². The topological polar surface area (TPSA) is 100 Å². The number of halogens is 1. The Morgan fingerprint density at radius 3 is 2.32 bits per heavy atom. The highest BCUT2D eigenvalue weighted by Crippen LogP contribution is 2.76. The van der Waals surface area contributed by atoms with Gasteiger partial charge in [-0.05, 0) is 135 Å². The van der Waals surface area contributed by atoms with Crippen molar-refractivity contribution in [3.8, 4) is 0 Å². The summed E-state index contributed by atoms with van der Waals surface area (Å²) in [5.74, 6) is 2.80. The van der Waals surface area contributed by atoms with Crippen LogP contribution in [0.15, 0.2) is 46.6 Å². The predicted octanol–water partition coefficient (Wildman–Crippen LogP) is 5.86. The number of ether oxygens (including phenoxy) is 1. The maximum atomic E-state index is 14.8. The largest absolute Gasteiger partial charge is 1.00 e. The fraction of sp³-hybridized carbons (Fsp3) is 0.714. The minimum absolute atomic E-state index is 0. The molecule has 2 aliphatic heterocycles. The molecule has 7 aliphatic rings. The van der Waals surface area contributed by atoms with Gasteiger partial charge in [0.1, 0.15) is 19.2 Å². The maximum absolute atomic E-state index is 14.8. The van der Waals surface area contributed by atoms with Crippen LogP contribution in [0.3, 0.4) is 0 Å². The zero-order valence-corrected chi connectivity index (χ0v) is 38.4. The molecule has 0 unspecified atom stereocenters. The number of esters is 1. The summed E-state index contributed by atoms with van der Waals surface area (Å²) in [6, 6.07) is 8.23. The van der Waals surface area contributed by atoms with E-state index in [-0.39, 0.29) is 63.9 Å². The van der Waals surface area contributed by atoms with Gasteiger partial charge in [0.15, 0.2) is 6.67 Å².